The number of anilines is 1. The molecule has 2 aromatic carbocycles. The fraction of sp³-hybridized carbons (Fsp3) is 0.200. The van der Waals surface area contributed by atoms with E-state index in [1.54, 1.807) is 22.8 Å². The van der Waals surface area contributed by atoms with Gasteiger partial charge in [0.15, 0.2) is 0 Å². The van der Waals surface area contributed by atoms with E-state index < -0.39 is 0 Å². The molecule has 1 aliphatic rings. The van der Waals surface area contributed by atoms with Gasteiger partial charge in [0.2, 0.25) is 5.91 Å². The van der Waals surface area contributed by atoms with Gasteiger partial charge in [0.05, 0.1) is 11.9 Å². The first-order chi connectivity index (χ1) is 12.5. The fourth-order valence-electron chi connectivity index (χ4n) is 3.11. The first-order valence-corrected chi connectivity index (χ1v) is 9.13. The molecule has 3 aromatic rings. The van der Waals surface area contributed by atoms with Crippen LogP contribution in [0.25, 0.3) is 11.3 Å². The Hall–Kier alpha value is -2.60. The molecule has 26 heavy (non-hydrogen) atoms. The molecule has 5 nitrogen and oxygen atoms in total. The second-order valence-corrected chi connectivity index (χ2v) is 7.31. The summed E-state index contributed by atoms with van der Waals surface area (Å²) in [5.74, 6) is 0.803. The third-order valence-electron chi connectivity index (χ3n) is 4.56. The second-order valence-electron chi connectivity index (χ2n) is 6.39. The van der Waals surface area contributed by atoms with E-state index >= 15 is 0 Å². The fourth-order valence-corrected chi connectivity index (χ4v) is 3.38. The number of carbonyl (C=O) groups excluding carboxylic acids is 1. The number of aromatic nitrogens is 2. The zero-order valence-electron chi connectivity index (χ0n) is 14.6. The van der Waals surface area contributed by atoms with E-state index in [1.807, 2.05) is 43.3 Å². The van der Waals surface area contributed by atoms with Gasteiger partial charge in [-0.3, -0.25) is 9.48 Å². The van der Waals surface area contributed by atoms with E-state index in [-0.39, 0.29) is 12.5 Å². The molecule has 132 valence electrons. The van der Waals surface area contributed by atoms with E-state index in [0.29, 0.717) is 6.61 Å². The Labute approximate surface area is 160 Å². The normalized spacial score (nSPS) is 12.1. The summed E-state index contributed by atoms with van der Waals surface area (Å²) >= 11 is 3.41. The number of aryl methyl sites for hydroxylation is 1. The molecule has 6 heteroatoms. The summed E-state index contributed by atoms with van der Waals surface area (Å²) in [6.07, 6.45) is 1.79. The van der Waals surface area contributed by atoms with Crippen molar-refractivity contribution >= 4 is 27.5 Å². The molecule has 0 atom stereocenters. The van der Waals surface area contributed by atoms with Crippen molar-refractivity contribution in [2.24, 2.45) is 0 Å². The monoisotopic (exact) mass is 411 g/mol. The third-order valence-corrected chi connectivity index (χ3v) is 5.09. The third kappa shape index (κ3) is 3.01. The molecule has 4 rings (SSSR count). The highest BCUT2D eigenvalue weighted by Crippen LogP contribution is 2.38. The highest BCUT2D eigenvalue weighted by Gasteiger charge is 2.24. The molecule has 0 bridgehead atoms. The minimum atomic E-state index is -0.0288. The van der Waals surface area contributed by atoms with E-state index in [9.17, 15) is 4.79 Å². The largest absolute Gasteiger partial charge is 0.488 e. The van der Waals surface area contributed by atoms with Gasteiger partial charge in [0.25, 0.3) is 0 Å². The number of rotatable bonds is 3. The SMILES string of the molecule is Cc1ccc2c(c1)-c1c(cnn1CC(=O)N(C)c1ccc(Br)cc1)CO2. The first-order valence-electron chi connectivity index (χ1n) is 8.33. The number of hydrogen-bond donors (Lipinski definition) is 0. The van der Waals surface area contributed by atoms with Crippen LogP contribution in [0.2, 0.25) is 0 Å². The van der Waals surface area contributed by atoms with Crippen molar-refractivity contribution in [1.82, 2.24) is 9.78 Å². The lowest BCUT2D eigenvalue weighted by molar-refractivity contribution is -0.119. The number of likely N-dealkylation sites (N-methyl/N-ethyl adjacent to an activating group) is 1. The number of benzene rings is 2. The molecular formula is C20H18BrN3O2. The zero-order chi connectivity index (χ0) is 18.3. The number of fused-ring (bicyclic) bond motifs is 3. The molecule has 0 fully saturated rings. The lowest BCUT2D eigenvalue weighted by atomic mass is 10.0. The summed E-state index contributed by atoms with van der Waals surface area (Å²) < 4.78 is 8.55. The molecule has 0 aliphatic carbocycles. The smallest absolute Gasteiger partial charge is 0.248 e. The summed E-state index contributed by atoms with van der Waals surface area (Å²) in [6.45, 7) is 2.69. The van der Waals surface area contributed by atoms with Gasteiger partial charge in [0, 0.05) is 28.3 Å². The molecule has 1 aromatic heterocycles. The van der Waals surface area contributed by atoms with Crippen molar-refractivity contribution in [1.29, 1.82) is 0 Å². The number of nitrogens with zero attached hydrogens (tertiary/aromatic N) is 3. The highest BCUT2D eigenvalue weighted by atomic mass is 79.9. The Morgan fingerprint density at radius 1 is 1.27 bits per heavy atom. The van der Waals surface area contributed by atoms with Crippen LogP contribution in [0.3, 0.4) is 0 Å². The maximum Gasteiger partial charge on any atom is 0.248 e. The van der Waals surface area contributed by atoms with Gasteiger partial charge in [0.1, 0.15) is 18.9 Å². The average molecular weight is 412 g/mol. The summed E-state index contributed by atoms with van der Waals surface area (Å²) in [5.41, 5.74) is 4.95. The molecule has 1 amide bonds. The molecule has 2 heterocycles. The van der Waals surface area contributed by atoms with Crippen molar-refractivity contribution in [3.63, 3.8) is 0 Å². The molecule has 0 N–H and O–H groups in total. The maximum absolute atomic E-state index is 12.8. The van der Waals surface area contributed by atoms with Crippen LogP contribution in [0, 0.1) is 6.92 Å². The second kappa shape index (κ2) is 6.61. The van der Waals surface area contributed by atoms with Gasteiger partial charge in [-0.2, -0.15) is 5.10 Å². The Morgan fingerprint density at radius 2 is 2.04 bits per heavy atom. The molecule has 0 radical (unpaired) electrons. The number of ether oxygens (including phenoxy) is 1. The van der Waals surface area contributed by atoms with Gasteiger partial charge in [-0.25, -0.2) is 0 Å². The van der Waals surface area contributed by atoms with Gasteiger partial charge in [-0.1, -0.05) is 27.6 Å². The number of halogens is 1. The minimum Gasteiger partial charge on any atom is -0.488 e. The summed E-state index contributed by atoms with van der Waals surface area (Å²) in [5, 5.41) is 4.44. The van der Waals surface area contributed by atoms with Crippen molar-refractivity contribution in [2.75, 3.05) is 11.9 Å². The molecule has 0 saturated heterocycles. The molecule has 0 saturated carbocycles. The van der Waals surface area contributed by atoms with Gasteiger partial charge >= 0.3 is 0 Å². The number of hydrogen-bond acceptors (Lipinski definition) is 3. The Bertz CT molecular complexity index is 979. The standard InChI is InChI=1S/C20H18BrN3O2/c1-13-3-8-18-17(9-13)20-14(12-26-18)10-22-24(20)11-19(25)23(2)16-6-4-15(21)5-7-16/h3-10H,11-12H2,1-2H3. The number of carbonyl (C=O) groups is 1. The van der Waals surface area contributed by atoms with Crippen LogP contribution in [0.1, 0.15) is 11.1 Å². The first kappa shape index (κ1) is 16.8. The Morgan fingerprint density at radius 3 is 2.81 bits per heavy atom. The minimum absolute atomic E-state index is 0.0288. The molecule has 0 unspecified atom stereocenters. The predicted molar refractivity (Wildman–Crippen MR) is 104 cm³/mol. The van der Waals surface area contributed by atoms with Crippen LogP contribution in [-0.2, 0) is 17.9 Å². The highest BCUT2D eigenvalue weighted by molar-refractivity contribution is 9.10. The quantitative estimate of drug-likeness (QED) is 0.649. The van der Waals surface area contributed by atoms with Crippen LogP contribution >= 0.6 is 15.9 Å². The molecule has 0 spiro atoms. The van der Waals surface area contributed by atoms with E-state index in [0.717, 1.165) is 38.3 Å². The lowest BCUT2D eigenvalue weighted by Gasteiger charge is -2.21. The predicted octanol–water partition coefficient (Wildman–Crippen LogP) is 4.18. The van der Waals surface area contributed by atoms with Crippen LogP contribution in [0.4, 0.5) is 5.69 Å². The van der Waals surface area contributed by atoms with E-state index in [4.69, 9.17) is 4.74 Å². The van der Waals surface area contributed by atoms with Crippen molar-refractivity contribution in [3.05, 3.63) is 64.3 Å². The van der Waals surface area contributed by atoms with Crippen LogP contribution in [-0.4, -0.2) is 22.7 Å². The van der Waals surface area contributed by atoms with Crippen LogP contribution in [0.5, 0.6) is 5.75 Å². The van der Waals surface area contributed by atoms with Crippen molar-refractivity contribution in [3.8, 4) is 17.0 Å². The molecule has 1 aliphatic heterocycles. The number of amides is 1. The summed E-state index contributed by atoms with van der Waals surface area (Å²) in [4.78, 5) is 14.4. The van der Waals surface area contributed by atoms with E-state index in [2.05, 4.69) is 27.1 Å². The van der Waals surface area contributed by atoms with Crippen molar-refractivity contribution < 1.29 is 9.53 Å². The van der Waals surface area contributed by atoms with Crippen LogP contribution < -0.4 is 9.64 Å². The van der Waals surface area contributed by atoms with Gasteiger partial charge in [-0.05, 0) is 43.3 Å². The topological polar surface area (TPSA) is 47.4 Å². The Kier molecular flexibility index (Phi) is 4.28. The van der Waals surface area contributed by atoms with Crippen LogP contribution in [0.15, 0.2) is 53.1 Å². The summed E-state index contributed by atoms with van der Waals surface area (Å²) in [7, 11) is 1.78. The lowest BCUT2D eigenvalue weighted by Crippen LogP contribution is -2.30. The maximum atomic E-state index is 12.8. The van der Waals surface area contributed by atoms with E-state index in [1.165, 1.54) is 0 Å². The zero-order valence-corrected chi connectivity index (χ0v) is 16.2. The molecular weight excluding hydrogens is 394 g/mol. The summed E-state index contributed by atoms with van der Waals surface area (Å²) in [6, 6.07) is 13.7. The Balaban J connectivity index is 1.63. The van der Waals surface area contributed by atoms with Gasteiger partial charge < -0.3 is 9.64 Å². The van der Waals surface area contributed by atoms with Gasteiger partial charge in [-0.15, -0.1) is 0 Å². The van der Waals surface area contributed by atoms with Crippen molar-refractivity contribution in [2.45, 2.75) is 20.1 Å². The average Bonchev–Trinajstić information content (AvgIpc) is 3.05.